The van der Waals surface area contributed by atoms with Gasteiger partial charge in [-0.1, -0.05) is 39.7 Å². The van der Waals surface area contributed by atoms with E-state index in [9.17, 15) is 39.3 Å². The highest BCUT2D eigenvalue weighted by Gasteiger charge is 2.54. The summed E-state index contributed by atoms with van der Waals surface area (Å²) in [6.45, 7) is 2.87. The Kier molecular flexibility index (Phi) is 11.8. The third-order valence-corrected chi connectivity index (χ3v) is 12.2. The first-order valence-corrected chi connectivity index (χ1v) is 19.2. The average molecular weight is 841 g/mol. The van der Waals surface area contributed by atoms with Crippen LogP contribution < -0.4 is 11.1 Å². The number of nitrogens with one attached hydrogen (secondary N) is 2. The van der Waals surface area contributed by atoms with Crippen LogP contribution in [-0.4, -0.2) is 141 Å². The van der Waals surface area contributed by atoms with Crippen LogP contribution in [0.5, 0.6) is 11.5 Å². The minimum Gasteiger partial charge on any atom is -0.504 e. The second-order valence-corrected chi connectivity index (χ2v) is 16.0. The summed E-state index contributed by atoms with van der Waals surface area (Å²) in [7, 11) is 0. The van der Waals surface area contributed by atoms with Gasteiger partial charge in [-0.2, -0.15) is 5.21 Å². The number of carbonyl (C=O) groups excluding carboxylic acids is 3. The molecule has 3 aromatic rings. The second kappa shape index (κ2) is 16.4. The van der Waals surface area contributed by atoms with Crippen molar-refractivity contribution in [2.75, 3.05) is 44.2 Å². The maximum Gasteiger partial charge on any atom is 0.348 e. The van der Waals surface area contributed by atoms with E-state index < -0.39 is 77.0 Å². The van der Waals surface area contributed by atoms with Gasteiger partial charge >= 0.3 is 11.9 Å². The van der Waals surface area contributed by atoms with Gasteiger partial charge in [-0.25, -0.2) is 9.78 Å². The summed E-state index contributed by atoms with van der Waals surface area (Å²) in [5.41, 5.74) is 6.37. The number of aromatic nitrogens is 5. The van der Waals surface area contributed by atoms with E-state index in [1.165, 1.54) is 28.8 Å². The Morgan fingerprint density at radius 3 is 2.56 bits per heavy atom. The fourth-order valence-electron chi connectivity index (χ4n) is 6.75. The molecular formula is C31H33Cl2N10O10S2+. The van der Waals surface area contributed by atoms with E-state index in [2.05, 4.69) is 36.1 Å². The van der Waals surface area contributed by atoms with E-state index in [1.807, 2.05) is 0 Å². The number of tetrazole rings is 1. The monoisotopic (exact) mass is 839 g/mol. The number of hydrogen-bond acceptors (Lipinski definition) is 16. The van der Waals surface area contributed by atoms with Crippen LogP contribution in [0.25, 0.3) is 5.70 Å². The highest BCUT2D eigenvalue weighted by atomic mass is 35.5. The Morgan fingerprint density at radius 1 is 1.18 bits per heavy atom. The van der Waals surface area contributed by atoms with Gasteiger partial charge in [-0.3, -0.25) is 24.1 Å². The minimum atomic E-state index is -1.93. The third kappa shape index (κ3) is 8.32. The van der Waals surface area contributed by atoms with E-state index in [4.69, 9.17) is 38.9 Å². The quantitative estimate of drug-likeness (QED) is 0.0354. The molecule has 2 fully saturated rings. The molecule has 2 amide bonds. The number of nitrogens with zero attached hydrogens (tertiary/aromatic N) is 7. The molecule has 292 valence electrons. The number of likely N-dealkylation sites (tertiary alicyclic amines) is 1. The number of amides is 2. The highest BCUT2D eigenvalue weighted by molar-refractivity contribution is 8.00. The summed E-state index contributed by atoms with van der Waals surface area (Å²) >= 11 is 14.6. The molecule has 20 nitrogen and oxygen atoms in total. The zero-order valence-electron chi connectivity index (χ0n) is 28.5. The Bertz CT molecular complexity index is 2090. The number of H-pyrrole nitrogens is 1. The summed E-state index contributed by atoms with van der Waals surface area (Å²) in [6.07, 6.45) is -1.42. The molecular weight excluding hydrogens is 807 g/mol. The number of aromatic amines is 1. The van der Waals surface area contributed by atoms with Crippen LogP contribution >= 0.6 is 46.3 Å². The number of β-lactam (4-membered cyclic amide) rings is 1. The molecule has 2 aromatic heterocycles. The number of ketones is 1. The van der Waals surface area contributed by atoms with E-state index in [0.29, 0.717) is 29.0 Å². The third-order valence-electron chi connectivity index (χ3n) is 9.37. The number of Topliss-reactive ketones (excluding diaryl/α,β-unsaturated/α-hetero) is 1. The van der Waals surface area contributed by atoms with E-state index in [1.54, 1.807) is 0 Å². The first kappa shape index (κ1) is 39.7. The number of phenolic OH excluding ortho intramolecular Hbond substituents is 2. The number of quaternary nitrogens is 1. The van der Waals surface area contributed by atoms with Gasteiger partial charge < -0.3 is 40.8 Å². The lowest BCUT2D eigenvalue weighted by Gasteiger charge is -2.50. The molecule has 6 rings (SSSR count). The SMILES string of the molecule is Nc1nc(/C(=N/O[C@@H](CC(=O)O)C(=O)O)C(=O)C[C@@H]2C(=O)N3C(c4nn[nH]n4)=C(C[N+]4(CCNC(=O)c5ccc(O)c(O)c5Cl)CCCC4)CS[C@H]23)c(Cl)s1. The number of anilines is 1. The van der Waals surface area contributed by atoms with Crippen LogP contribution in [-0.2, 0) is 24.0 Å². The van der Waals surface area contributed by atoms with Crippen molar-refractivity contribution in [3.05, 3.63) is 44.1 Å². The Labute approximate surface area is 328 Å². The van der Waals surface area contributed by atoms with Crippen molar-refractivity contribution in [1.29, 1.82) is 0 Å². The first-order valence-electron chi connectivity index (χ1n) is 16.6. The van der Waals surface area contributed by atoms with E-state index >= 15 is 0 Å². The summed E-state index contributed by atoms with van der Waals surface area (Å²) in [5.74, 6) is -6.10. The molecule has 0 saturated carbocycles. The molecule has 55 heavy (non-hydrogen) atoms. The van der Waals surface area contributed by atoms with Gasteiger partial charge in [0, 0.05) is 30.6 Å². The van der Waals surface area contributed by atoms with Gasteiger partial charge in [-0.05, 0) is 17.3 Å². The highest BCUT2D eigenvalue weighted by Crippen LogP contribution is 2.48. The van der Waals surface area contributed by atoms with Gasteiger partial charge in [0.15, 0.2) is 28.1 Å². The van der Waals surface area contributed by atoms with Gasteiger partial charge in [0.05, 0.1) is 60.2 Å². The molecule has 0 bridgehead atoms. The number of halogens is 2. The predicted molar refractivity (Wildman–Crippen MR) is 196 cm³/mol. The minimum absolute atomic E-state index is 0.0125. The fraction of sp³-hybridized carbons (Fsp3) is 0.419. The summed E-state index contributed by atoms with van der Waals surface area (Å²) in [5, 5.41) is 58.3. The molecule has 1 aromatic carbocycles. The molecule has 24 heteroatoms. The van der Waals surface area contributed by atoms with E-state index in [0.717, 1.165) is 42.8 Å². The number of fused-ring (bicyclic) bond motifs is 1. The van der Waals surface area contributed by atoms with Crippen molar-refractivity contribution in [3.8, 4) is 11.5 Å². The van der Waals surface area contributed by atoms with Gasteiger partial charge in [0.25, 0.3) is 5.91 Å². The van der Waals surface area contributed by atoms with Crippen LogP contribution in [0.1, 0.15) is 47.6 Å². The number of carbonyl (C=O) groups is 5. The number of benzene rings is 1. The molecule has 0 aliphatic carbocycles. The number of thioether (sulfide) groups is 1. The van der Waals surface area contributed by atoms with Crippen molar-refractivity contribution >= 4 is 92.4 Å². The number of phenols is 2. The van der Waals surface area contributed by atoms with Crippen molar-refractivity contribution in [2.24, 2.45) is 11.1 Å². The standard InChI is InChI=1S/C31H32Cl2N10O10S2/c32-20-14(3-4-16(44)24(20)48)27(49)35-5-8-43(6-1-2-7-43)11-13-12-54-29-15(28(50)42(29)23(13)26-37-40-41-38-26)9-17(45)21(22-25(33)55-31(34)36-22)39-53-18(30(51)52)10-19(46)47/h3-4,15,18,29H,1-2,5-12H2,(H7-,34,35,36,37,38,39,40,41,44,45,46,47,48,49,51,52)/p+1/t15-,18+,29-/m1/s1. The van der Waals surface area contributed by atoms with Crippen LogP contribution in [0.3, 0.4) is 0 Å². The number of nitrogens with two attached hydrogens (primary N) is 1. The maximum atomic E-state index is 13.9. The van der Waals surface area contributed by atoms with Crippen LogP contribution in [0.2, 0.25) is 9.36 Å². The Morgan fingerprint density at radius 2 is 1.93 bits per heavy atom. The van der Waals surface area contributed by atoms with Crippen LogP contribution in [0, 0.1) is 5.92 Å². The lowest BCUT2D eigenvalue weighted by molar-refractivity contribution is -0.911. The van der Waals surface area contributed by atoms with Crippen molar-refractivity contribution in [3.63, 3.8) is 0 Å². The largest absolute Gasteiger partial charge is 0.504 e. The van der Waals surface area contributed by atoms with Crippen molar-refractivity contribution in [1.82, 2.24) is 35.8 Å². The zero-order chi connectivity index (χ0) is 39.6. The Hall–Kier alpha value is -5.03. The summed E-state index contributed by atoms with van der Waals surface area (Å²) in [6, 6.07) is 2.50. The predicted octanol–water partition coefficient (Wildman–Crippen LogP) is 1.55. The number of thiazole rings is 1. The molecule has 0 unspecified atom stereocenters. The van der Waals surface area contributed by atoms with Crippen LogP contribution in [0.15, 0.2) is 22.9 Å². The van der Waals surface area contributed by atoms with Gasteiger partial charge in [0.1, 0.15) is 16.6 Å². The summed E-state index contributed by atoms with van der Waals surface area (Å²) in [4.78, 5) is 73.9. The average Bonchev–Trinajstić information content (AvgIpc) is 3.91. The molecule has 3 aliphatic heterocycles. The zero-order valence-corrected chi connectivity index (χ0v) is 31.6. The molecule has 0 radical (unpaired) electrons. The maximum absolute atomic E-state index is 13.9. The number of aromatic hydroxyl groups is 2. The number of hydrogen-bond donors (Lipinski definition) is 7. The lowest BCUT2D eigenvalue weighted by atomic mass is 9.89. The lowest BCUT2D eigenvalue weighted by Crippen LogP contribution is -2.61. The smallest absolute Gasteiger partial charge is 0.348 e. The van der Waals surface area contributed by atoms with Crippen molar-refractivity contribution in [2.45, 2.75) is 37.2 Å². The van der Waals surface area contributed by atoms with Crippen molar-refractivity contribution < 1.29 is 53.7 Å². The molecule has 0 spiro atoms. The number of nitrogen functional groups attached to an aromatic ring is 1. The van der Waals surface area contributed by atoms with Crippen LogP contribution in [0.4, 0.5) is 5.13 Å². The Balaban J connectivity index is 1.20. The normalized spacial score (nSPS) is 19.8. The number of carboxylic acids is 2. The van der Waals surface area contributed by atoms with Gasteiger partial charge in [0.2, 0.25) is 17.8 Å². The number of carboxylic acid groups (broad SMARTS) is 2. The first-order chi connectivity index (χ1) is 26.2. The number of rotatable bonds is 16. The molecule has 5 heterocycles. The number of aliphatic carboxylic acids is 2. The molecule has 3 aliphatic rings. The fourth-order valence-corrected chi connectivity index (χ4v) is 9.32. The summed E-state index contributed by atoms with van der Waals surface area (Å²) < 4.78 is 0.526. The van der Waals surface area contributed by atoms with E-state index in [-0.39, 0.29) is 38.1 Å². The molecule has 3 atom stereocenters. The second-order valence-electron chi connectivity index (χ2n) is 12.9. The van der Waals surface area contributed by atoms with Gasteiger partial charge in [-0.15, -0.1) is 22.0 Å². The number of oxime groups is 1. The molecule has 2 saturated heterocycles. The topological polar surface area (TPSA) is 297 Å². The molecule has 8 N–H and O–H groups in total.